The Hall–Kier alpha value is -0.120. The van der Waals surface area contributed by atoms with Crippen molar-refractivity contribution in [1.29, 1.82) is 0 Å². The van der Waals surface area contributed by atoms with Crippen molar-refractivity contribution in [3.8, 4) is 0 Å². The van der Waals surface area contributed by atoms with Gasteiger partial charge in [-0.1, -0.05) is 6.92 Å². The van der Waals surface area contributed by atoms with E-state index < -0.39 is 0 Å². The fourth-order valence-corrected chi connectivity index (χ4v) is 3.28. The number of likely N-dealkylation sites (tertiary alicyclic amines) is 1. The largest absolute Gasteiger partial charge is 0.381 e. The van der Waals surface area contributed by atoms with Crippen LogP contribution in [0.4, 0.5) is 0 Å². The molecule has 0 aromatic heterocycles. The van der Waals surface area contributed by atoms with Crippen molar-refractivity contribution in [1.82, 2.24) is 15.5 Å². The smallest absolute Gasteiger partial charge is 0.191 e. The van der Waals surface area contributed by atoms with E-state index in [0.717, 1.165) is 77.3 Å². The van der Waals surface area contributed by atoms with E-state index in [1.165, 1.54) is 25.9 Å². The summed E-state index contributed by atoms with van der Waals surface area (Å²) in [6.07, 6.45) is 4.78. The van der Waals surface area contributed by atoms with E-state index in [-0.39, 0.29) is 24.0 Å². The maximum Gasteiger partial charge on any atom is 0.191 e. The van der Waals surface area contributed by atoms with E-state index in [1.54, 1.807) is 0 Å². The van der Waals surface area contributed by atoms with Crippen molar-refractivity contribution in [3.63, 3.8) is 0 Å². The Labute approximate surface area is 176 Å². The third-order valence-corrected chi connectivity index (χ3v) is 5.04. The van der Waals surface area contributed by atoms with E-state index in [9.17, 15) is 0 Å². The van der Waals surface area contributed by atoms with Crippen molar-refractivity contribution in [2.24, 2.45) is 16.8 Å². The lowest BCUT2D eigenvalue weighted by atomic mass is 9.99. The van der Waals surface area contributed by atoms with Crippen LogP contribution in [-0.2, 0) is 9.47 Å². The number of guanidine groups is 1. The van der Waals surface area contributed by atoms with E-state index >= 15 is 0 Å². The van der Waals surface area contributed by atoms with Crippen molar-refractivity contribution < 1.29 is 9.47 Å². The van der Waals surface area contributed by atoms with Gasteiger partial charge in [-0.15, -0.1) is 24.0 Å². The predicted octanol–water partition coefficient (Wildman–Crippen LogP) is 2.33. The molecule has 2 aliphatic heterocycles. The highest BCUT2D eigenvalue weighted by atomic mass is 127. The van der Waals surface area contributed by atoms with Crippen LogP contribution in [0.3, 0.4) is 0 Å². The van der Waals surface area contributed by atoms with Gasteiger partial charge in [0, 0.05) is 45.3 Å². The van der Waals surface area contributed by atoms with Crippen LogP contribution >= 0.6 is 24.0 Å². The Bertz CT molecular complexity index is 371. The van der Waals surface area contributed by atoms with Gasteiger partial charge in [-0.05, 0) is 51.6 Å². The molecule has 7 heteroatoms. The first-order valence-corrected chi connectivity index (χ1v) is 10.2. The maximum atomic E-state index is 5.73. The molecule has 1 atom stereocenters. The van der Waals surface area contributed by atoms with Gasteiger partial charge in [0.05, 0.1) is 13.2 Å². The Morgan fingerprint density at radius 3 is 2.73 bits per heavy atom. The van der Waals surface area contributed by atoms with Crippen molar-refractivity contribution in [2.45, 2.75) is 39.5 Å². The molecule has 0 aromatic carbocycles. The summed E-state index contributed by atoms with van der Waals surface area (Å²) < 4.78 is 11.1. The molecule has 0 aromatic rings. The maximum absolute atomic E-state index is 5.73. The summed E-state index contributed by atoms with van der Waals surface area (Å²) in [4.78, 5) is 7.20. The number of hydrogen-bond acceptors (Lipinski definition) is 4. The Kier molecular flexibility index (Phi) is 13.7. The summed E-state index contributed by atoms with van der Waals surface area (Å²) in [5, 5.41) is 6.78. The van der Waals surface area contributed by atoms with Crippen LogP contribution in [-0.4, -0.2) is 76.6 Å². The molecule has 154 valence electrons. The molecule has 0 amide bonds. The molecular weight excluding hydrogens is 443 g/mol. The fourth-order valence-electron chi connectivity index (χ4n) is 3.28. The zero-order chi connectivity index (χ0) is 17.7. The van der Waals surface area contributed by atoms with E-state index in [4.69, 9.17) is 9.47 Å². The minimum Gasteiger partial charge on any atom is -0.381 e. The number of piperidine rings is 1. The summed E-state index contributed by atoms with van der Waals surface area (Å²) in [5.41, 5.74) is 0. The normalized spacial score (nSPS) is 22.2. The minimum absolute atomic E-state index is 0. The van der Waals surface area contributed by atoms with E-state index in [0.29, 0.717) is 5.92 Å². The molecule has 0 bridgehead atoms. The van der Waals surface area contributed by atoms with Gasteiger partial charge in [0.1, 0.15) is 0 Å². The first kappa shape index (κ1) is 23.9. The van der Waals surface area contributed by atoms with Gasteiger partial charge in [0.15, 0.2) is 5.96 Å². The average Bonchev–Trinajstić information content (AvgIpc) is 3.13. The third-order valence-electron chi connectivity index (χ3n) is 5.04. The molecule has 0 aliphatic carbocycles. The fraction of sp³-hybridized carbons (Fsp3) is 0.947. The minimum atomic E-state index is 0. The number of nitrogens with zero attached hydrogens (tertiary/aromatic N) is 2. The first-order valence-electron chi connectivity index (χ1n) is 10.2. The molecule has 2 heterocycles. The monoisotopic (exact) mass is 482 g/mol. The molecule has 1 unspecified atom stereocenters. The lowest BCUT2D eigenvalue weighted by Gasteiger charge is -2.30. The second-order valence-electron chi connectivity index (χ2n) is 7.37. The van der Waals surface area contributed by atoms with Crippen molar-refractivity contribution >= 4 is 29.9 Å². The van der Waals surface area contributed by atoms with Gasteiger partial charge in [-0.3, -0.25) is 4.99 Å². The van der Waals surface area contributed by atoms with Crippen LogP contribution in [0.1, 0.15) is 39.5 Å². The highest BCUT2D eigenvalue weighted by Gasteiger charge is 2.15. The van der Waals surface area contributed by atoms with Gasteiger partial charge in [0.25, 0.3) is 0 Å². The molecule has 0 radical (unpaired) electrons. The lowest BCUT2D eigenvalue weighted by Crippen LogP contribution is -2.43. The summed E-state index contributed by atoms with van der Waals surface area (Å²) in [6.45, 7) is 14.1. The highest BCUT2D eigenvalue weighted by molar-refractivity contribution is 14.0. The van der Waals surface area contributed by atoms with Gasteiger partial charge < -0.3 is 25.0 Å². The third kappa shape index (κ3) is 10.3. The van der Waals surface area contributed by atoms with Crippen molar-refractivity contribution in [3.05, 3.63) is 0 Å². The molecular formula is C19H39IN4O2. The summed E-state index contributed by atoms with van der Waals surface area (Å²) >= 11 is 0. The standard InChI is InChI=1S/C19H38N4O2.HI/c1-3-20-19(22-9-12-23-10-5-17(2)6-11-23)21-8-4-13-24-15-18-7-14-25-16-18;/h17-18H,3-16H2,1-2H3,(H2,20,21,22);1H. The molecule has 0 spiro atoms. The summed E-state index contributed by atoms with van der Waals surface area (Å²) in [5.74, 6) is 2.42. The van der Waals surface area contributed by atoms with Crippen LogP contribution in [0.25, 0.3) is 0 Å². The summed E-state index contributed by atoms with van der Waals surface area (Å²) in [6, 6.07) is 0. The number of ether oxygens (including phenoxy) is 2. The predicted molar refractivity (Wildman–Crippen MR) is 119 cm³/mol. The van der Waals surface area contributed by atoms with Gasteiger partial charge in [-0.2, -0.15) is 0 Å². The molecule has 2 saturated heterocycles. The number of hydrogen-bond donors (Lipinski definition) is 2. The Morgan fingerprint density at radius 1 is 1.23 bits per heavy atom. The number of aliphatic imine (C=N–C) groups is 1. The molecule has 2 aliphatic rings. The number of nitrogens with one attached hydrogen (secondary N) is 2. The Balaban J connectivity index is 0.00000338. The number of rotatable bonds is 10. The topological polar surface area (TPSA) is 58.1 Å². The van der Waals surface area contributed by atoms with Crippen LogP contribution in [0.5, 0.6) is 0 Å². The van der Waals surface area contributed by atoms with Crippen molar-refractivity contribution in [2.75, 3.05) is 65.7 Å². The molecule has 26 heavy (non-hydrogen) atoms. The average molecular weight is 482 g/mol. The van der Waals surface area contributed by atoms with E-state index in [1.807, 2.05) is 0 Å². The SMILES string of the molecule is CCNC(=NCCCOCC1CCOC1)NCCN1CCC(C)CC1.I. The molecule has 2 N–H and O–H groups in total. The van der Waals surface area contributed by atoms with Gasteiger partial charge in [0.2, 0.25) is 0 Å². The van der Waals surface area contributed by atoms with Crippen LogP contribution in [0, 0.1) is 11.8 Å². The second kappa shape index (κ2) is 14.9. The zero-order valence-electron chi connectivity index (χ0n) is 16.7. The van der Waals surface area contributed by atoms with Crippen LogP contribution < -0.4 is 10.6 Å². The van der Waals surface area contributed by atoms with E-state index in [2.05, 4.69) is 34.4 Å². The first-order chi connectivity index (χ1) is 12.3. The molecule has 6 nitrogen and oxygen atoms in total. The summed E-state index contributed by atoms with van der Waals surface area (Å²) in [7, 11) is 0. The van der Waals surface area contributed by atoms with Crippen LogP contribution in [0.2, 0.25) is 0 Å². The van der Waals surface area contributed by atoms with Gasteiger partial charge in [-0.25, -0.2) is 0 Å². The molecule has 2 fully saturated rings. The highest BCUT2D eigenvalue weighted by Crippen LogP contribution is 2.15. The number of halogens is 1. The second-order valence-corrected chi connectivity index (χ2v) is 7.37. The molecule has 0 saturated carbocycles. The van der Waals surface area contributed by atoms with Gasteiger partial charge >= 0.3 is 0 Å². The lowest BCUT2D eigenvalue weighted by molar-refractivity contribution is 0.0893. The molecule has 2 rings (SSSR count). The zero-order valence-corrected chi connectivity index (χ0v) is 19.0. The Morgan fingerprint density at radius 2 is 2.04 bits per heavy atom. The van der Waals surface area contributed by atoms with Crippen LogP contribution in [0.15, 0.2) is 4.99 Å². The quantitative estimate of drug-likeness (QED) is 0.217.